The molecule has 0 aliphatic heterocycles. The highest BCUT2D eigenvalue weighted by atomic mass is 16.5. The molecule has 0 bridgehead atoms. The van der Waals surface area contributed by atoms with Crippen molar-refractivity contribution in [3.63, 3.8) is 0 Å². The molecule has 0 aliphatic carbocycles. The third kappa shape index (κ3) is 4.65. The first-order chi connectivity index (χ1) is 14.7. The number of aromatic nitrogens is 4. The van der Waals surface area contributed by atoms with E-state index in [1.54, 1.807) is 29.2 Å². The lowest BCUT2D eigenvalue weighted by molar-refractivity contribution is 0.0441. The number of nitrogen functional groups attached to an aromatic ring is 1. The Hall–Kier alpha value is -3.89. The van der Waals surface area contributed by atoms with Crippen LogP contribution in [0.25, 0.3) is 0 Å². The Kier molecular flexibility index (Phi) is 6.23. The molecule has 3 rings (SSSR count). The monoisotopic (exact) mass is 429 g/mol. The highest BCUT2D eigenvalue weighted by Crippen LogP contribution is 2.12. The van der Waals surface area contributed by atoms with Gasteiger partial charge in [-0.1, -0.05) is 13.8 Å². The second-order valence-electron chi connectivity index (χ2n) is 7.38. The van der Waals surface area contributed by atoms with Crippen LogP contribution in [0.2, 0.25) is 0 Å². The molecule has 3 aromatic rings. The molecule has 0 aromatic carbocycles. The van der Waals surface area contributed by atoms with Gasteiger partial charge in [-0.3, -0.25) is 23.4 Å². The van der Waals surface area contributed by atoms with Gasteiger partial charge in [0, 0.05) is 26.0 Å². The zero-order chi connectivity index (χ0) is 22.7. The molecule has 31 heavy (non-hydrogen) atoms. The van der Waals surface area contributed by atoms with Crippen LogP contribution in [-0.2, 0) is 24.9 Å². The van der Waals surface area contributed by atoms with Crippen molar-refractivity contribution in [2.75, 3.05) is 12.3 Å². The average Bonchev–Trinajstić information content (AvgIpc) is 3.40. The second-order valence-corrected chi connectivity index (χ2v) is 7.38. The lowest BCUT2D eigenvalue weighted by Crippen LogP contribution is -2.43. The number of hydrogen-bond acceptors (Lipinski definition) is 8. The minimum absolute atomic E-state index is 0.0492. The van der Waals surface area contributed by atoms with Crippen LogP contribution in [0.5, 0.6) is 0 Å². The summed E-state index contributed by atoms with van der Waals surface area (Å²) in [7, 11) is 1.26. The number of furan rings is 1. The molecule has 0 saturated heterocycles. The smallest absolute Gasteiger partial charge is 0.374 e. The fourth-order valence-corrected chi connectivity index (χ4v) is 2.99. The number of Topliss-reactive ketones (excluding diaryl/α,β-unsaturated/α-hetero) is 1. The fraction of sp³-hybridized carbons (Fsp3) is 0.350. The SMILES string of the molecule is CC(C)Cn1c(N)c(C(=O)COC(=O)c2ccc(Cn3cccn3)o2)c(=O)n(C)c1=O. The quantitative estimate of drug-likeness (QED) is 0.406. The van der Waals surface area contributed by atoms with Gasteiger partial charge in [-0.2, -0.15) is 5.10 Å². The van der Waals surface area contributed by atoms with E-state index in [9.17, 15) is 19.2 Å². The van der Waals surface area contributed by atoms with Crippen LogP contribution in [-0.4, -0.2) is 37.3 Å². The molecule has 0 fully saturated rings. The van der Waals surface area contributed by atoms with E-state index in [1.807, 2.05) is 13.8 Å². The molecule has 0 spiro atoms. The van der Waals surface area contributed by atoms with E-state index in [0.717, 1.165) is 9.13 Å². The first-order valence-electron chi connectivity index (χ1n) is 9.54. The van der Waals surface area contributed by atoms with Gasteiger partial charge in [0.1, 0.15) is 17.1 Å². The molecule has 0 saturated carbocycles. The van der Waals surface area contributed by atoms with Gasteiger partial charge >= 0.3 is 11.7 Å². The minimum atomic E-state index is -0.869. The summed E-state index contributed by atoms with van der Waals surface area (Å²) in [4.78, 5) is 49.6. The van der Waals surface area contributed by atoms with E-state index in [2.05, 4.69) is 5.10 Å². The Morgan fingerprint density at radius 1 is 1.26 bits per heavy atom. The number of hydrogen-bond donors (Lipinski definition) is 1. The fourth-order valence-electron chi connectivity index (χ4n) is 2.99. The highest BCUT2D eigenvalue weighted by molar-refractivity contribution is 6.02. The first-order valence-corrected chi connectivity index (χ1v) is 9.54. The summed E-state index contributed by atoms with van der Waals surface area (Å²) in [6.45, 7) is 3.55. The highest BCUT2D eigenvalue weighted by Gasteiger charge is 2.24. The summed E-state index contributed by atoms with van der Waals surface area (Å²) in [5.74, 6) is -1.50. The third-order valence-electron chi connectivity index (χ3n) is 4.48. The maximum Gasteiger partial charge on any atom is 0.374 e. The number of nitrogens with two attached hydrogens (primary N) is 1. The molecule has 11 nitrogen and oxygen atoms in total. The molecule has 2 N–H and O–H groups in total. The number of nitrogens with zero attached hydrogens (tertiary/aromatic N) is 4. The predicted octanol–water partition coefficient (Wildman–Crippen LogP) is 0.663. The number of anilines is 1. The van der Waals surface area contributed by atoms with Crippen LogP contribution in [0, 0.1) is 5.92 Å². The Morgan fingerprint density at radius 3 is 2.65 bits per heavy atom. The zero-order valence-electron chi connectivity index (χ0n) is 17.4. The van der Waals surface area contributed by atoms with Crippen molar-refractivity contribution in [2.45, 2.75) is 26.9 Å². The summed E-state index contributed by atoms with van der Waals surface area (Å²) in [6, 6.07) is 4.77. The van der Waals surface area contributed by atoms with Crippen molar-refractivity contribution < 1.29 is 18.7 Å². The lowest BCUT2D eigenvalue weighted by atomic mass is 10.1. The molecule has 11 heteroatoms. The van der Waals surface area contributed by atoms with Gasteiger partial charge in [-0.05, 0) is 24.1 Å². The molecule has 3 heterocycles. The Bertz CT molecular complexity index is 1220. The van der Waals surface area contributed by atoms with Gasteiger partial charge in [-0.25, -0.2) is 9.59 Å². The van der Waals surface area contributed by atoms with E-state index in [-0.39, 0.29) is 24.0 Å². The van der Waals surface area contributed by atoms with Crippen LogP contribution >= 0.6 is 0 Å². The van der Waals surface area contributed by atoms with Gasteiger partial charge < -0.3 is 14.9 Å². The summed E-state index contributed by atoms with van der Waals surface area (Å²) in [5.41, 5.74) is 4.09. The molecule has 0 radical (unpaired) electrons. The van der Waals surface area contributed by atoms with Crippen molar-refractivity contribution >= 4 is 17.6 Å². The van der Waals surface area contributed by atoms with Gasteiger partial charge in [-0.15, -0.1) is 0 Å². The second kappa shape index (κ2) is 8.86. The van der Waals surface area contributed by atoms with Crippen molar-refractivity contribution in [3.8, 4) is 0 Å². The summed E-state index contributed by atoms with van der Waals surface area (Å²) in [6.07, 6.45) is 3.35. The van der Waals surface area contributed by atoms with Crippen LogP contribution in [0.4, 0.5) is 5.82 Å². The largest absolute Gasteiger partial charge is 0.452 e. The maximum atomic E-state index is 12.6. The molecular weight excluding hydrogens is 406 g/mol. The summed E-state index contributed by atoms with van der Waals surface area (Å²) < 4.78 is 14.0. The average molecular weight is 429 g/mol. The number of carbonyl (C=O) groups excluding carboxylic acids is 2. The van der Waals surface area contributed by atoms with Gasteiger partial charge in [0.15, 0.2) is 6.61 Å². The molecule has 0 aliphatic rings. The predicted molar refractivity (Wildman–Crippen MR) is 110 cm³/mol. The van der Waals surface area contributed by atoms with Crippen molar-refractivity contribution in [2.24, 2.45) is 13.0 Å². The van der Waals surface area contributed by atoms with E-state index >= 15 is 0 Å². The van der Waals surface area contributed by atoms with Crippen LogP contribution in [0.15, 0.2) is 44.6 Å². The number of ether oxygens (including phenoxy) is 1. The van der Waals surface area contributed by atoms with Crippen molar-refractivity contribution in [1.82, 2.24) is 18.9 Å². The Labute approximate surface area is 176 Å². The maximum absolute atomic E-state index is 12.6. The standard InChI is InChI=1S/C20H23N5O6/c1-12(2)9-25-17(21)16(18(27)23(3)20(25)29)14(26)11-30-19(28)15-6-5-13(31-15)10-24-8-4-7-22-24/h4-8,12H,9-11,21H2,1-3H3. The Balaban J connectivity index is 1.74. The number of rotatable bonds is 8. The van der Waals surface area contributed by atoms with Crippen LogP contribution in [0.3, 0.4) is 0 Å². The van der Waals surface area contributed by atoms with Gasteiger partial charge in [0.2, 0.25) is 11.5 Å². The number of esters is 1. The zero-order valence-corrected chi connectivity index (χ0v) is 17.4. The van der Waals surface area contributed by atoms with E-state index in [0.29, 0.717) is 12.3 Å². The van der Waals surface area contributed by atoms with Crippen molar-refractivity contribution in [3.05, 3.63) is 68.5 Å². The molecule has 0 atom stereocenters. The molecule has 0 amide bonds. The molecule has 164 valence electrons. The van der Waals surface area contributed by atoms with Gasteiger partial charge in [0.05, 0.1) is 6.54 Å². The van der Waals surface area contributed by atoms with Crippen LogP contribution < -0.4 is 17.0 Å². The summed E-state index contributed by atoms with van der Waals surface area (Å²) >= 11 is 0. The van der Waals surface area contributed by atoms with Gasteiger partial charge in [0.25, 0.3) is 5.56 Å². The molecule has 3 aromatic heterocycles. The molecule has 0 unspecified atom stereocenters. The van der Waals surface area contributed by atoms with Crippen LogP contribution in [0.1, 0.15) is 40.5 Å². The van der Waals surface area contributed by atoms with E-state index in [1.165, 1.54) is 13.1 Å². The number of carbonyl (C=O) groups is 2. The Morgan fingerprint density at radius 2 is 2.00 bits per heavy atom. The normalized spacial score (nSPS) is 11.1. The first kappa shape index (κ1) is 21.8. The minimum Gasteiger partial charge on any atom is -0.452 e. The van der Waals surface area contributed by atoms with Crippen molar-refractivity contribution in [1.29, 1.82) is 0 Å². The third-order valence-corrected chi connectivity index (χ3v) is 4.48. The summed E-state index contributed by atoms with van der Waals surface area (Å²) in [5, 5.41) is 4.04. The van der Waals surface area contributed by atoms with E-state index < -0.39 is 35.2 Å². The number of ketones is 1. The topological polar surface area (TPSA) is 144 Å². The van der Waals surface area contributed by atoms with E-state index in [4.69, 9.17) is 14.9 Å². The molecular formula is C20H23N5O6. The lowest BCUT2D eigenvalue weighted by Gasteiger charge is -2.16.